The molecule has 0 aliphatic carbocycles. The van der Waals surface area contributed by atoms with Crippen molar-refractivity contribution in [2.45, 2.75) is 64.1 Å². The number of hydrogen-bond donors (Lipinski definition) is 1. The van der Waals surface area contributed by atoms with Crippen LogP contribution in [0, 0.1) is 0 Å². The minimum atomic E-state index is 0.296. The highest BCUT2D eigenvalue weighted by molar-refractivity contribution is 5.76. The SMILES string of the molecule is CC(C)N1CCCC(NC2CCC(=O)N(C)C2)CC1. The number of nitrogens with one attached hydrogen (secondary N) is 1. The molecule has 2 rings (SSSR count). The highest BCUT2D eigenvalue weighted by Crippen LogP contribution is 2.16. The molecule has 2 aliphatic rings. The van der Waals surface area contributed by atoms with Crippen LogP contribution in [0.2, 0.25) is 0 Å². The molecule has 2 fully saturated rings. The van der Waals surface area contributed by atoms with Crippen LogP contribution in [0.3, 0.4) is 0 Å². The fraction of sp³-hybridized carbons (Fsp3) is 0.933. The predicted molar refractivity (Wildman–Crippen MR) is 78.1 cm³/mol. The van der Waals surface area contributed by atoms with Gasteiger partial charge >= 0.3 is 0 Å². The monoisotopic (exact) mass is 267 g/mol. The first-order valence-corrected chi connectivity index (χ1v) is 7.80. The van der Waals surface area contributed by atoms with Gasteiger partial charge in [-0.25, -0.2) is 0 Å². The largest absolute Gasteiger partial charge is 0.344 e. The molecule has 0 aromatic rings. The number of rotatable bonds is 3. The predicted octanol–water partition coefficient (Wildman–Crippen LogP) is 1.46. The second-order valence-corrected chi connectivity index (χ2v) is 6.43. The molecule has 2 unspecified atom stereocenters. The van der Waals surface area contributed by atoms with E-state index in [2.05, 4.69) is 24.1 Å². The van der Waals surface area contributed by atoms with Crippen molar-refractivity contribution < 1.29 is 4.79 Å². The lowest BCUT2D eigenvalue weighted by Crippen LogP contribution is -2.50. The van der Waals surface area contributed by atoms with E-state index in [1.54, 1.807) is 0 Å². The summed E-state index contributed by atoms with van der Waals surface area (Å²) in [7, 11) is 1.92. The Morgan fingerprint density at radius 2 is 1.95 bits per heavy atom. The number of amides is 1. The Morgan fingerprint density at radius 1 is 1.16 bits per heavy atom. The fourth-order valence-electron chi connectivity index (χ4n) is 3.28. The standard InChI is InChI=1S/C15H29N3O/c1-12(2)18-9-4-5-13(8-10-18)16-14-6-7-15(19)17(3)11-14/h12-14,16H,4-11H2,1-3H3. The maximum Gasteiger partial charge on any atom is 0.222 e. The number of likely N-dealkylation sites (tertiary alicyclic amines) is 2. The van der Waals surface area contributed by atoms with E-state index in [0.717, 1.165) is 13.0 Å². The third kappa shape index (κ3) is 4.18. The van der Waals surface area contributed by atoms with Crippen molar-refractivity contribution in [1.82, 2.24) is 15.1 Å². The molecule has 0 bridgehead atoms. The molecular weight excluding hydrogens is 238 g/mol. The van der Waals surface area contributed by atoms with Crippen LogP contribution in [0.4, 0.5) is 0 Å². The Balaban J connectivity index is 1.78. The molecule has 2 aliphatic heterocycles. The molecule has 4 heteroatoms. The second kappa shape index (κ2) is 6.71. The Kier molecular flexibility index (Phi) is 5.22. The molecule has 1 amide bonds. The summed E-state index contributed by atoms with van der Waals surface area (Å²) in [5.41, 5.74) is 0. The highest BCUT2D eigenvalue weighted by Gasteiger charge is 2.26. The summed E-state index contributed by atoms with van der Waals surface area (Å²) in [5, 5.41) is 3.79. The summed E-state index contributed by atoms with van der Waals surface area (Å²) in [6.45, 7) is 7.89. The van der Waals surface area contributed by atoms with Crippen molar-refractivity contribution in [3.63, 3.8) is 0 Å². The highest BCUT2D eigenvalue weighted by atomic mass is 16.2. The number of likely N-dealkylation sites (N-methyl/N-ethyl adjacent to an activating group) is 1. The minimum absolute atomic E-state index is 0.296. The Bertz CT molecular complexity index is 306. The van der Waals surface area contributed by atoms with Crippen molar-refractivity contribution in [2.75, 3.05) is 26.7 Å². The zero-order chi connectivity index (χ0) is 13.8. The van der Waals surface area contributed by atoms with E-state index in [4.69, 9.17) is 0 Å². The van der Waals surface area contributed by atoms with Crippen LogP contribution in [0.1, 0.15) is 46.0 Å². The molecule has 2 atom stereocenters. The maximum absolute atomic E-state index is 11.5. The number of carbonyl (C=O) groups is 1. The van der Waals surface area contributed by atoms with E-state index in [1.807, 2.05) is 11.9 Å². The number of carbonyl (C=O) groups excluding carboxylic acids is 1. The molecule has 2 heterocycles. The fourth-order valence-corrected chi connectivity index (χ4v) is 3.28. The summed E-state index contributed by atoms with van der Waals surface area (Å²) in [5.74, 6) is 0.296. The van der Waals surface area contributed by atoms with Crippen LogP contribution in [-0.2, 0) is 4.79 Å². The van der Waals surface area contributed by atoms with Gasteiger partial charge in [0, 0.05) is 38.1 Å². The summed E-state index contributed by atoms with van der Waals surface area (Å²) in [6.07, 6.45) is 5.52. The van der Waals surface area contributed by atoms with E-state index >= 15 is 0 Å². The molecule has 0 saturated carbocycles. The van der Waals surface area contributed by atoms with Crippen LogP contribution in [0.5, 0.6) is 0 Å². The third-order valence-electron chi connectivity index (χ3n) is 4.59. The molecule has 0 spiro atoms. The third-order valence-corrected chi connectivity index (χ3v) is 4.59. The molecule has 0 aromatic heterocycles. The topological polar surface area (TPSA) is 35.6 Å². The summed E-state index contributed by atoms with van der Waals surface area (Å²) in [6, 6.07) is 1.80. The van der Waals surface area contributed by atoms with Gasteiger partial charge in [0.1, 0.15) is 0 Å². The Labute approximate surface area is 117 Å². The Morgan fingerprint density at radius 3 is 2.63 bits per heavy atom. The lowest BCUT2D eigenvalue weighted by atomic mass is 10.0. The zero-order valence-corrected chi connectivity index (χ0v) is 12.7. The van der Waals surface area contributed by atoms with Gasteiger partial charge in [0.15, 0.2) is 0 Å². The number of nitrogens with zero attached hydrogens (tertiary/aromatic N) is 2. The number of hydrogen-bond acceptors (Lipinski definition) is 3. The van der Waals surface area contributed by atoms with Crippen LogP contribution >= 0.6 is 0 Å². The van der Waals surface area contributed by atoms with Crippen molar-refractivity contribution in [2.24, 2.45) is 0 Å². The molecule has 0 aromatic carbocycles. The van der Waals surface area contributed by atoms with Crippen LogP contribution in [0.15, 0.2) is 0 Å². The molecule has 1 N–H and O–H groups in total. The van der Waals surface area contributed by atoms with Gasteiger partial charge in [-0.2, -0.15) is 0 Å². The molecule has 110 valence electrons. The van der Waals surface area contributed by atoms with E-state index in [9.17, 15) is 4.79 Å². The van der Waals surface area contributed by atoms with Gasteiger partial charge in [-0.1, -0.05) is 0 Å². The average molecular weight is 267 g/mol. The lowest BCUT2D eigenvalue weighted by molar-refractivity contribution is -0.132. The zero-order valence-electron chi connectivity index (χ0n) is 12.7. The van der Waals surface area contributed by atoms with E-state index in [0.29, 0.717) is 30.5 Å². The van der Waals surface area contributed by atoms with Crippen molar-refractivity contribution >= 4 is 5.91 Å². The first-order valence-electron chi connectivity index (χ1n) is 7.80. The van der Waals surface area contributed by atoms with Crippen LogP contribution < -0.4 is 5.32 Å². The molecular formula is C15H29N3O. The second-order valence-electron chi connectivity index (χ2n) is 6.43. The normalized spacial score (nSPS) is 30.7. The molecule has 4 nitrogen and oxygen atoms in total. The quantitative estimate of drug-likeness (QED) is 0.841. The van der Waals surface area contributed by atoms with Crippen molar-refractivity contribution in [3.05, 3.63) is 0 Å². The van der Waals surface area contributed by atoms with E-state index < -0.39 is 0 Å². The first-order chi connectivity index (χ1) is 9.06. The van der Waals surface area contributed by atoms with Gasteiger partial charge in [0.05, 0.1) is 0 Å². The van der Waals surface area contributed by atoms with Crippen molar-refractivity contribution in [1.29, 1.82) is 0 Å². The minimum Gasteiger partial charge on any atom is -0.344 e. The summed E-state index contributed by atoms with van der Waals surface area (Å²) in [4.78, 5) is 16.0. The molecule has 0 radical (unpaired) electrons. The van der Waals surface area contributed by atoms with Gasteiger partial charge in [-0.05, 0) is 52.6 Å². The summed E-state index contributed by atoms with van der Waals surface area (Å²) >= 11 is 0. The Hall–Kier alpha value is -0.610. The summed E-state index contributed by atoms with van der Waals surface area (Å²) < 4.78 is 0. The van der Waals surface area contributed by atoms with E-state index in [-0.39, 0.29) is 0 Å². The van der Waals surface area contributed by atoms with Gasteiger partial charge in [0.2, 0.25) is 5.91 Å². The van der Waals surface area contributed by atoms with Gasteiger partial charge in [-0.3, -0.25) is 4.79 Å². The van der Waals surface area contributed by atoms with Gasteiger partial charge in [0.25, 0.3) is 0 Å². The molecule has 2 saturated heterocycles. The van der Waals surface area contributed by atoms with Crippen molar-refractivity contribution in [3.8, 4) is 0 Å². The number of piperidine rings is 1. The van der Waals surface area contributed by atoms with E-state index in [1.165, 1.54) is 32.4 Å². The van der Waals surface area contributed by atoms with Crippen LogP contribution in [0.25, 0.3) is 0 Å². The van der Waals surface area contributed by atoms with Gasteiger partial charge < -0.3 is 15.1 Å². The molecule has 19 heavy (non-hydrogen) atoms. The smallest absolute Gasteiger partial charge is 0.222 e. The van der Waals surface area contributed by atoms with Crippen LogP contribution in [-0.4, -0.2) is 60.5 Å². The first kappa shape index (κ1) is 14.8. The maximum atomic E-state index is 11.5. The average Bonchev–Trinajstić information content (AvgIpc) is 2.59. The van der Waals surface area contributed by atoms with Gasteiger partial charge in [-0.15, -0.1) is 0 Å². The lowest BCUT2D eigenvalue weighted by Gasteiger charge is -2.33.